The van der Waals surface area contributed by atoms with Crippen LogP contribution in [0.5, 0.6) is 0 Å². The van der Waals surface area contributed by atoms with Crippen LogP contribution in [0.3, 0.4) is 0 Å². The van der Waals surface area contributed by atoms with Gasteiger partial charge in [-0.2, -0.15) is 0 Å². The van der Waals surface area contributed by atoms with Crippen molar-refractivity contribution in [1.82, 2.24) is 0 Å². The van der Waals surface area contributed by atoms with E-state index in [0.29, 0.717) is 13.0 Å². The lowest BCUT2D eigenvalue weighted by atomic mass is 10.1. The molecule has 4 nitrogen and oxygen atoms in total. The molecule has 0 bridgehead atoms. The fourth-order valence-electron chi connectivity index (χ4n) is 1.31. The highest BCUT2D eigenvalue weighted by Crippen LogP contribution is 2.18. The molecule has 0 fully saturated rings. The third kappa shape index (κ3) is 7.79. The first-order chi connectivity index (χ1) is 8.75. The van der Waals surface area contributed by atoms with Gasteiger partial charge in [0, 0.05) is 25.3 Å². The Morgan fingerprint density at radius 1 is 1.17 bits per heavy atom. The summed E-state index contributed by atoms with van der Waals surface area (Å²) in [4.78, 5) is 10.3. The molecular weight excluding hydrogens is 230 g/mol. The van der Waals surface area contributed by atoms with Gasteiger partial charge in [0.2, 0.25) is 0 Å². The topological polar surface area (TPSA) is 52.4 Å². The van der Waals surface area contributed by atoms with Crippen LogP contribution in [0.4, 0.5) is 5.69 Å². The van der Waals surface area contributed by atoms with Gasteiger partial charge in [-0.25, -0.2) is 0 Å². The first kappa shape index (κ1) is 18.9. The fraction of sp³-hybridized carbons (Fsp3) is 0.571. The van der Waals surface area contributed by atoms with Gasteiger partial charge in [0.25, 0.3) is 5.69 Å². The summed E-state index contributed by atoms with van der Waals surface area (Å²) in [5.41, 5.74) is 0.971. The van der Waals surface area contributed by atoms with Crippen LogP contribution >= 0.6 is 0 Å². The number of ether oxygens (including phenoxy) is 1. The van der Waals surface area contributed by atoms with Crippen LogP contribution in [0.1, 0.15) is 39.7 Å². The van der Waals surface area contributed by atoms with E-state index < -0.39 is 0 Å². The first-order valence-corrected chi connectivity index (χ1v) is 6.47. The summed E-state index contributed by atoms with van der Waals surface area (Å²) in [6.45, 7) is 8.63. The van der Waals surface area contributed by atoms with Gasteiger partial charge in [0.05, 0.1) is 4.92 Å². The highest BCUT2D eigenvalue weighted by molar-refractivity contribution is 5.39. The molecule has 0 heterocycles. The first-order valence-electron chi connectivity index (χ1n) is 6.47. The van der Waals surface area contributed by atoms with Crippen LogP contribution < -0.4 is 0 Å². The zero-order valence-corrected chi connectivity index (χ0v) is 12.1. The Morgan fingerprint density at radius 3 is 2.22 bits per heavy atom. The predicted molar refractivity (Wildman–Crippen MR) is 76.0 cm³/mol. The minimum absolute atomic E-state index is 0.198. The van der Waals surface area contributed by atoms with Crippen molar-refractivity contribution < 1.29 is 9.66 Å². The van der Waals surface area contributed by atoms with Gasteiger partial charge in [-0.1, -0.05) is 45.9 Å². The number of methoxy groups -OCH3 is 1. The monoisotopic (exact) mass is 255 g/mol. The number of nitrogens with zero attached hydrogens (tertiary/aromatic N) is 1. The third-order valence-electron chi connectivity index (χ3n) is 1.98. The lowest BCUT2D eigenvalue weighted by Gasteiger charge is -2.01. The minimum atomic E-state index is -0.345. The number of nitro groups is 1. The average molecular weight is 255 g/mol. The molecule has 0 spiro atoms. The summed E-state index contributed by atoms with van der Waals surface area (Å²) in [5, 5.41) is 10.6. The maximum absolute atomic E-state index is 10.6. The molecule has 1 aromatic rings. The second kappa shape index (κ2) is 13.6. The number of hydrogen-bond donors (Lipinski definition) is 0. The minimum Gasteiger partial charge on any atom is -0.385 e. The SMILES string of the molecule is CC.CC.COCCCc1ccccc1[N+](=O)[O-]. The van der Waals surface area contributed by atoms with Crippen LogP contribution in [-0.4, -0.2) is 18.6 Å². The number of aryl methyl sites for hydroxylation is 1. The Labute approximate surface area is 110 Å². The number of benzene rings is 1. The molecule has 0 aromatic heterocycles. The van der Waals surface area contributed by atoms with E-state index in [1.807, 2.05) is 33.8 Å². The van der Waals surface area contributed by atoms with Crippen molar-refractivity contribution in [1.29, 1.82) is 0 Å². The molecule has 1 aromatic carbocycles. The van der Waals surface area contributed by atoms with E-state index in [-0.39, 0.29) is 10.6 Å². The van der Waals surface area contributed by atoms with Gasteiger partial charge in [-0.05, 0) is 12.8 Å². The van der Waals surface area contributed by atoms with E-state index in [1.165, 1.54) is 6.07 Å². The molecule has 1 rings (SSSR count). The van der Waals surface area contributed by atoms with Crippen molar-refractivity contribution in [2.24, 2.45) is 0 Å². The molecule has 0 atom stereocenters. The molecule has 4 heteroatoms. The van der Waals surface area contributed by atoms with Crippen molar-refractivity contribution in [2.75, 3.05) is 13.7 Å². The lowest BCUT2D eigenvalue weighted by molar-refractivity contribution is -0.385. The van der Waals surface area contributed by atoms with Crippen molar-refractivity contribution in [2.45, 2.75) is 40.5 Å². The normalized spacial score (nSPS) is 8.50. The number of rotatable bonds is 5. The smallest absolute Gasteiger partial charge is 0.272 e. The zero-order valence-electron chi connectivity index (χ0n) is 12.1. The Kier molecular flexibility index (Phi) is 14.4. The largest absolute Gasteiger partial charge is 0.385 e. The molecule has 0 N–H and O–H groups in total. The van der Waals surface area contributed by atoms with Crippen LogP contribution in [0, 0.1) is 10.1 Å². The highest BCUT2D eigenvalue weighted by Gasteiger charge is 2.10. The van der Waals surface area contributed by atoms with Crippen LogP contribution in [0.25, 0.3) is 0 Å². The predicted octanol–water partition coefficient (Wildman–Crippen LogP) is 4.23. The number of para-hydroxylation sites is 1. The molecule has 0 unspecified atom stereocenters. The molecule has 18 heavy (non-hydrogen) atoms. The van der Waals surface area contributed by atoms with Crippen molar-refractivity contribution in [3.63, 3.8) is 0 Å². The molecule has 0 radical (unpaired) electrons. The van der Waals surface area contributed by atoms with Crippen molar-refractivity contribution >= 4 is 5.69 Å². The van der Waals surface area contributed by atoms with Gasteiger partial charge >= 0.3 is 0 Å². The number of hydrogen-bond acceptors (Lipinski definition) is 3. The number of nitro benzene ring substituents is 1. The van der Waals surface area contributed by atoms with Crippen LogP contribution in [-0.2, 0) is 11.2 Å². The van der Waals surface area contributed by atoms with Crippen molar-refractivity contribution in [3.8, 4) is 0 Å². The molecule has 0 amide bonds. The lowest BCUT2D eigenvalue weighted by Crippen LogP contribution is -1.97. The second-order valence-electron chi connectivity index (χ2n) is 2.98. The van der Waals surface area contributed by atoms with E-state index in [2.05, 4.69) is 0 Å². The Balaban J connectivity index is 0. The molecule has 0 saturated carbocycles. The van der Waals surface area contributed by atoms with Gasteiger partial charge in [0.15, 0.2) is 0 Å². The van der Waals surface area contributed by atoms with Crippen LogP contribution in [0.2, 0.25) is 0 Å². The fourth-order valence-corrected chi connectivity index (χ4v) is 1.31. The third-order valence-corrected chi connectivity index (χ3v) is 1.98. The molecule has 0 aliphatic carbocycles. The molecule has 104 valence electrons. The summed E-state index contributed by atoms with van der Waals surface area (Å²) in [6, 6.07) is 6.81. The Morgan fingerprint density at radius 2 is 1.72 bits per heavy atom. The molecule has 0 aliphatic heterocycles. The highest BCUT2D eigenvalue weighted by atomic mass is 16.6. The summed E-state index contributed by atoms with van der Waals surface area (Å²) in [6.07, 6.45) is 1.49. The van der Waals surface area contributed by atoms with Crippen LogP contribution in [0.15, 0.2) is 24.3 Å². The van der Waals surface area contributed by atoms with E-state index in [4.69, 9.17) is 4.74 Å². The van der Waals surface area contributed by atoms with E-state index in [9.17, 15) is 10.1 Å². The summed E-state index contributed by atoms with van der Waals surface area (Å²) in [5.74, 6) is 0. The second-order valence-corrected chi connectivity index (χ2v) is 2.98. The molecular formula is C14H25NO3. The van der Waals surface area contributed by atoms with E-state index >= 15 is 0 Å². The van der Waals surface area contributed by atoms with E-state index in [0.717, 1.165) is 12.0 Å². The van der Waals surface area contributed by atoms with E-state index in [1.54, 1.807) is 19.2 Å². The van der Waals surface area contributed by atoms with Gasteiger partial charge in [0.1, 0.15) is 0 Å². The quantitative estimate of drug-likeness (QED) is 0.449. The van der Waals surface area contributed by atoms with Gasteiger partial charge in [-0.15, -0.1) is 0 Å². The van der Waals surface area contributed by atoms with Gasteiger partial charge in [-0.3, -0.25) is 10.1 Å². The maximum Gasteiger partial charge on any atom is 0.272 e. The maximum atomic E-state index is 10.6. The van der Waals surface area contributed by atoms with Gasteiger partial charge < -0.3 is 4.74 Å². The average Bonchev–Trinajstić information content (AvgIpc) is 2.44. The van der Waals surface area contributed by atoms with Crippen molar-refractivity contribution in [3.05, 3.63) is 39.9 Å². The summed E-state index contributed by atoms with van der Waals surface area (Å²) in [7, 11) is 1.62. The zero-order chi connectivity index (χ0) is 14.4. The molecule has 0 aliphatic rings. The Bertz CT molecular complexity index is 314. The molecule has 0 saturated heterocycles. The Hall–Kier alpha value is -1.42. The standard InChI is InChI=1S/C10H13NO3.2C2H6/c1-14-8-4-6-9-5-2-3-7-10(9)11(12)13;2*1-2/h2-3,5,7H,4,6,8H2,1H3;2*1-2H3. The summed E-state index contributed by atoms with van der Waals surface area (Å²) < 4.78 is 4.89. The summed E-state index contributed by atoms with van der Waals surface area (Å²) >= 11 is 0.